The molecule has 2 aromatic heterocycles. The van der Waals surface area contributed by atoms with Crippen molar-refractivity contribution in [2.75, 3.05) is 24.2 Å². The van der Waals surface area contributed by atoms with Gasteiger partial charge in [-0.2, -0.15) is 10.4 Å². The van der Waals surface area contributed by atoms with Gasteiger partial charge in [0.25, 0.3) is 5.91 Å². The Bertz CT molecular complexity index is 805. The molecule has 0 saturated carbocycles. The van der Waals surface area contributed by atoms with Crippen LogP contribution in [0.25, 0.3) is 0 Å². The number of hydrogen-bond acceptors (Lipinski definition) is 7. The van der Waals surface area contributed by atoms with Crippen LogP contribution in [0, 0.1) is 11.3 Å². The minimum absolute atomic E-state index is 0.0955. The molecule has 0 bridgehead atoms. The second kappa shape index (κ2) is 7.53. The molecule has 0 spiro atoms. The summed E-state index contributed by atoms with van der Waals surface area (Å²) in [6.07, 6.45) is 6.82. The van der Waals surface area contributed by atoms with E-state index in [1.54, 1.807) is 30.2 Å². The summed E-state index contributed by atoms with van der Waals surface area (Å²) in [5.74, 6) is 0.528. The predicted octanol–water partition coefficient (Wildman–Crippen LogP) is 1.20. The SMILES string of the molecule is CSc1ncc(C#N)c(N2CCC(NC(=O)c3ccn(C)n3)CC2)n1. The van der Waals surface area contributed by atoms with Gasteiger partial charge in [-0.25, -0.2) is 9.97 Å². The van der Waals surface area contributed by atoms with E-state index in [2.05, 4.69) is 31.4 Å². The Morgan fingerprint density at radius 1 is 1.44 bits per heavy atom. The van der Waals surface area contributed by atoms with Crippen LogP contribution in [-0.2, 0) is 7.05 Å². The molecule has 1 aliphatic heterocycles. The molecule has 0 aromatic carbocycles. The molecule has 0 radical (unpaired) electrons. The maximum atomic E-state index is 12.2. The zero-order valence-corrected chi connectivity index (χ0v) is 15.0. The largest absolute Gasteiger partial charge is 0.355 e. The second-order valence-electron chi connectivity index (χ2n) is 5.82. The van der Waals surface area contributed by atoms with E-state index < -0.39 is 0 Å². The van der Waals surface area contributed by atoms with E-state index in [0.29, 0.717) is 22.2 Å². The van der Waals surface area contributed by atoms with E-state index in [4.69, 9.17) is 0 Å². The number of nitrogens with zero attached hydrogens (tertiary/aromatic N) is 6. The van der Waals surface area contributed by atoms with Crippen LogP contribution in [0.2, 0.25) is 0 Å². The summed E-state index contributed by atoms with van der Waals surface area (Å²) in [5, 5.41) is 17.1. The number of aromatic nitrogens is 4. The molecule has 8 nitrogen and oxygen atoms in total. The average Bonchev–Trinajstić information content (AvgIpc) is 3.08. The highest BCUT2D eigenvalue weighted by Crippen LogP contribution is 2.23. The third-order valence-electron chi connectivity index (χ3n) is 4.13. The fraction of sp³-hybridized carbons (Fsp3) is 0.438. The minimum Gasteiger partial charge on any atom is -0.355 e. The first-order chi connectivity index (χ1) is 12.1. The van der Waals surface area contributed by atoms with E-state index in [0.717, 1.165) is 25.9 Å². The summed E-state index contributed by atoms with van der Waals surface area (Å²) in [6.45, 7) is 1.46. The number of carbonyl (C=O) groups excluding carboxylic acids is 1. The van der Waals surface area contributed by atoms with Crippen LogP contribution in [0.5, 0.6) is 0 Å². The molecule has 3 rings (SSSR count). The van der Waals surface area contributed by atoms with Crippen LogP contribution in [0.3, 0.4) is 0 Å². The van der Waals surface area contributed by atoms with E-state index in [-0.39, 0.29) is 11.9 Å². The molecule has 1 amide bonds. The number of nitriles is 1. The first-order valence-corrected chi connectivity index (χ1v) is 9.19. The van der Waals surface area contributed by atoms with Crippen LogP contribution in [0.4, 0.5) is 5.82 Å². The second-order valence-corrected chi connectivity index (χ2v) is 6.59. The van der Waals surface area contributed by atoms with Crippen LogP contribution in [0.1, 0.15) is 28.9 Å². The lowest BCUT2D eigenvalue weighted by Crippen LogP contribution is -2.45. The van der Waals surface area contributed by atoms with Gasteiger partial charge in [-0.15, -0.1) is 0 Å². The number of carbonyl (C=O) groups is 1. The number of rotatable bonds is 4. The van der Waals surface area contributed by atoms with Gasteiger partial charge in [-0.3, -0.25) is 9.48 Å². The lowest BCUT2D eigenvalue weighted by molar-refractivity contribution is 0.0925. The molecule has 1 N–H and O–H groups in total. The van der Waals surface area contributed by atoms with Gasteiger partial charge in [-0.05, 0) is 25.2 Å². The summed E-state index contributed by atoms with van der Waals surface area (Å²) in [5.41, 5.74) is 0.908. The molecule has 9 heteroatoms. The van der Waals surface area contributed by atoms with Crippen molar-refractivity contribution in [3.63, 3.8) is 0 Å². The number of nitrogens with one attached hydrogen (secondary N) is 1. The van der Waals surface area contributed by atoms with E-state index in [1.807, 2.05) is 6.26 Å². The summed E-state index contributed by atoms with van der Waals surface area (Å²) >= 11 is 1.45. The quantitative estimate of drug-likeness (QED) is 0.648. The van der Waals surface area contributed by atoms with Crippen LogP contribution in [-0.4, -0.2) is 51.0 Å². The monoisotopic (exact) mass is 357 g/mol. The van der Waals surface area contributed by atoms with Crippen LogP contribution >= 0.6 is 11.8 Å². The molecule has 3 heterocycles. The summed E-state index contributed by atoms with van der Waals surface area (Å²) in [7, 11) is 1.78. The first-order valence-electron chi connectivity index (χ1n) is 7.97. The van der Waals surface area contributed by atoms with Crippen molar-refractivity contribution < 1.29 is 4.79 Å². The topological polar surface area (TPSA) is 99.7 Å². The smallest absolute Gasteiger partial charge is 0.271 e. The Labute approximate surface area is 150 Å². The number of amides is 1. The standard InChI is InChI=1S/C16H19N7OS/c1-22-6-5-13(21-22)15(24)19-12-3-7-23(8-4-12)14-11(9-17)10-18-16(20-14)25-2/h5-6,10,12H,3-4,7-8H2,1-2H3,(H,19,24). The average molecular weight is 357 g/mol. The molecule has 25 heavy (non-hydrogen) atoms. The van der Waals surface area contributed by atoms with Crippen molar-refractivity contribution in [1.82, 2.24) is 25.1 Å². The number of hydrogen-bond donors (Lipinski definition) is 1. The van der Waals surface area contributed by atoms with Crippen molar-refractivity contribution in [2.24, 2.45) is 7.05 Å². The van der Waals surface area contributed by atoms with Gasteiger partial charge in [-0.1, -0.05) is 11.8 Å². The molecule has 0 aliphatic carbocycles. The zero-order valence-electron chi connectivity index (χ0n) is 14.1. The predicted molar refractivity (Wildman–Crippen MR) is 94.4 cm³/mol. The van der Waals surface area contributed by atoms with Crippen molar-refractivity contribution in [3.05, 3.63) is 29.7 Å². The highest BCUT2D eigenvalue weighted by Gasteiger charge is 2.24. The van der Waals surface area contributed by atoms with Gasteiger partial charge in [0.05, 0.1) is 6.20 Å². The Hall–Kier alpha value is -2.60. The van der Waals surface area contributed by atoms with E-state index in [1.165, 1.54) is 11.8 Å². The fourth-order valence-electron chi connectivity index (χ4n) is 2.81. The maximum Gasteiger partial charge on any atom is 0.271 e. The molecular formula is C16H19N7OS. The Morgan fingerprint density at radius 3 is 2.80 bits per heavy atom. The zero-order chi connectivity index (χ0) is 17.8. The minimum atomic E-state index is -0.150. The fourth-order valence-corrected chi connectivity index (χ4v) is 3.14. The number of piperidine rings is 1. The Morgan fingerprint density at radius 2 is 2.20 bits per heavy atom. The first kappa shape index (κ1) is 17.2. The number of aryl methyl sites for hydroxylation is 1. The van der Waals surface area contributed by atoms with Crippen molar-refractivity contribution in [3.8, 4) is 6.07 Å². The van der Waals surface area contributed by atoms with Crippen molar-refractivity contribution in [2.45, 2.75) is 24.0 Å². The summed E-state index contributed by atoms with van der Waals surface area (Å²) in [6, 6.07) is 3.95. The van der Waals surface area contributed by atoms with E-state index in [9.17, 15) is 10.1 Å². The summed E-state index contributed by atoms with van der Waals surface area (Å²) in [4.78, 5) is 22.9. The maximum absolute atomic E-state index is 12.2. The van der Waals surface area contributed by atoms with Crippen LogP contribution in [0.15, 0.2) is 23.6 Å². The van der Waals surface area contributed by atoms with Crippen LogP contribution < -0.4 is 10.2 Å². The number of thioether (sulfide) groups is 1. The highest BCUT2D eigenvalue weighted by atomic mass is 32.2. The van der Waals surface area contributed by atoms with Gasteiger partial charge in [0.15, 0.2) is 11.0 Å². The van der Waals surface area contributed by atoms with Gasteiger partial charge in [0, 0.05) is 32.4 Å². The van der Waals surface area contributed by atoms with Crippen molar-refractivity contribution >= 4 is 23.5 Å². The van der Waals surface area contributed by atoms with Gasteiger partial charge in [0.2, 0.25) is 0 Å². The Kier molecular flexibility index (Phi) is 5.19. The molecule has 2 aromatic rings. The van der Waals surface area contributed by atoms with Crippen molar-refractivity contribution in [1.29, 1.82) is 5.26 Å². The molecule has 130 valence electrons. The third kappa shape index (κ3) is 3.91. The summed E-state index contributed by atoms with van der Waals surface area (Å²) < 4.78 is 1.61. The Balaban J connectivity index is 1.62. The lowest BCUT2D eigenvalue weighted by Gasteiger charge is -2.33. The molecule has 1 aliphatic rings. The number of anilines is 1. The lowest BCUT2D eigenvalue weighted by atomic mass is 10.0. The van der Waals surface area contributed by atoms with Gasteiger partial charge in [0.1, 0.15) is 17.3 Å². The third-order valence-corrected chi connectivity index (χ3v) is 4.69. The van der Waals surface area contributed by atoms with Gasteiger partial charge >= 0.3 is 0 Å². The van der Waals surface area contributed by atoms with E-state index >= 15 is 0 Å². The normalized spacial score (nSPS) is 15.0. The highest BCUT2D eigenvalue weighted by molar-refractivity contribution is 7.98. The molecule has 1 fully saturated rings. The molecular weight excluding hydrogens is 338 g/mol. The van der Waals surface area contributed by atoms with Gasteiger partial charge < -0.3 is 10.2 Å². The molecule has 0 atom stereocenters. The molecule has 1 saturated heterocycles. The molecule has 0 unspecified atom stereocenters.